The van der Waals surface area contributed by atoms with E-state index in [4.69, 9.17) is 132 Å². The molecular formula is C10H40Cl4N10O16Zn2. The number of hydrogen-bond acceptors (Lipinski definition) is 26. The second-order valence-electron chi connectivity index (χ2n) is 4.40. The van der Waals surface area contributed by atoms with E-state index >= 15 is 0 Å². The maximum absolute atomic E-state index is 8.49. The van der Waals surface area contributed by atoms with E-state index in [9.17, 15) is 0 Å². The average Bonchev–Trinajstić information content (AvgIpc) is 2.75. The van der Waals surface area contributed by atoms with Crippen LogP contribution < -0.4 is 132 Å². The molecule has 0 aliphatic rings. The molecule has 0 rings (SSSR count). The van der Waals surface area contributed by atoms with Gasteiger partial charge in [0.25, 0.3) is 0 Å². The first-order chi connectivity index (χ1) is 17.6. The first-order valence-electron chi connectivity index (χ1n) is 9.05. The summed E-state index contributed by atoms with van der Waals surface area (Å²) in [4.78, 5) is 0. The SMILES string of the molecule is NCCN.NCCN.NCCN.NCCN.NCCN.[O-][Cl+3]([O-])([O-])[O-].[O-][Cl+3]([O-])([O-])[O-].[O-][Cl+3]([O-])([O-])[O-].[O-][Cl+3]([O-])([O-])[O-].[Zn+2].[Zn+2]. The molecule has 0 atom stereocenters. The molecule has 0 aliphatic carbocycles. The molecule has 0 saturated carbocycles. The smallest absolute Gasteiger partial charge is 0.329 e. The molecule has 20 N–H and O–H groups in total. The number of rotatable bonds is 5. The molecule has 0 bridgehead atoms. The van der Waals surface area contributed by atoms with Gasteiger partial charge < -0.3 is 57.3 Å². The third kappa shape index (κ3) is 1660. The number of nitrogens with two attached hydrogens (primary N) is 10. The van der Waals surface area contributed by atoms with Crippen LogP contribution in [0.25, 0.3) is 0 Å². The van der Waals surface area contributed by atoms with Crippen molar-refractivity contribution in [1.82, 2.24) is 0 Å². The second kappa shape index (κ2) is 58.0. The molecule has 0 unspecified atom stereocenters. The fraction of sp³-hybridized carbons (Fsp3) is 1.00. The molecule has 0 aromatic rings. The number of hydrogen-bond donors (Lipinski definition) is 10. The van der Waals surface area contributed by atoms with Crippen molar-refractivity contribution in [3.8, 4) is 0 Å². The van der Waals surface area contributed by atoms with Crippen molar-refractivity contribution in [3.05, 3.63) is 0 Å². The Labute approximate surface area is 276 Å². The summed E-state index contributed by atoms with van der Waals surface area (Å²) in [6.07, 6.45) is 0. The van der Waals surface area contributed by atoms with Gasteiger partial charge in [-0.15, -0.1) is 41.0 Å². The summed E-state index contributed by atoms with van der Waals surface area (Å²) in [5.74, 6) is 0. The normalized spacial score (nSPS) is 9.29. The van der Waals surface area contributed by atoms with E-state index in [0.717, 1.165) is 0 Å². The zero-order chi connectivity index (χ0) is 35.1. The minimum Gasteiger partial charge on any atom is -0.329 e. The molecular weight excluding hydrogens is 789 g/mol. The van der Waals surface area contributed by atoms with Crippen LogP contribution in [0.3, 0.4) is 0 Å². The van der Waals surface area contributed by atoms with Crippen LogP contribution >= 0.6 is 0 Å². The van der Waals surface area contributed by atoms with E-state index in [2.05, 4.69) is 0 Å². The van der Waals surface area contributed by atoms with Gasteiger partial charge in [0.1, 0.15) is 0 Å². The van der Waals surface area contributed by atoms with Gasteiger partial charge in [0, 0.05) is 65.4 Å². The van der Waals surface area contributed by atoms with Gasteiger partial charge in [-0.2, -0.15) is 0 Å². The van der Waals surface area contributed by atoms with E-state index in [1.807, 2.05) is 0 Å². The first-order valence-corrected chi connectivity index (χ1v) is 14.0. The van der Waals surface area contributed by atoms with Crippen LogP contribution in [0.4, 0.5) is 0 Å². The monoisotopic (exact) mass is 824 g/mol. The van der Waals surface area contributed by atoms with Gasteiger partial charge in [0.2, 0.25) is 0 Å². The Morgan fingerprint density at radius 2 is 0.238 bits per heavy atom. The zero-order valence-corrected chi connectivity index (χ0v) is 31.3. The van der Waals surface area contributed by atoms with Crippen LogP contribution in [0.1, 0.15) is 0 Å². The summed E-state index contributed by atoms with van der Waals surface area (Å²) in [5, 5.41) is 0. The van der Waals surface area contributed by atoms with Crippen LogP contribution in [0.15, 0.2) is 0 Å². The van der Waals surface area contributed by atoms with Crippen molar-refractivity contribution >= 4 is 0 Å². The Bertz CT molecular complexity index is 289. The van der Waals surface area contributed by atoms with Crippen LogP contribution in [0.5, 0.6) is 0 Å². The minimum absolute atomic E-state index is 0. The van der Waals surface area contributed by atoms with Gasteiger partial charge in [0.05, 0.1) is 0 Å². The Morgan fingerprint density at radius 1 is 0.214 bits per heavy atom. The Hall–Kier alpha value is 1.37. The van der Waals surface area contributed by atoms with Gasteiger partial charge in [-0.05, 0) is 0 Å². The molecule has 0 heterocycles. The molecule has 0 saturated heterocycles. The summed E-state index contributed by atoms with van der Waals surface area (Å²) in [5.41, 5.74) is 49.0. The molecule has 32 heteroatoms. The molecule has 0 aromatic heterocycles. The minimum atomic E-state index is -4.94. The fourth-order valence-electron chi connectivity index (χ4n) is 0. The quantitative estimate of drug-likeness (QED) is 0.115. The van der Waals surface area contributed by atoms with Crippen molar-refractivity contribution in [1.29, 1.82) is 0 Å². The molecule has 26 nitrogen and oxygen atoms in total. The van der Waals surface area contributed by atoms with E-state index in [-0.39, 0.29) is 39.0 Å². The van der Waals surface area contributed by atoms with Crippen LogP contribution in [-0.2, 0) is 39.0 Å². The largest absolute Gasteiger partial charge is 2.00 e. The van der Waals surface area contributed by atoms with Gasteiger partial charge >= 0.3 is 39.0 Å². The molecule has 258 valence electrons. The molecule has 0 spiro atoms. The summed E-state index contributed by atoms with van der Waals surface area (Å²) < 4.78 is 136. The van der Waals surface area contributed by atoms with E-state index in [1.165, 1.54) is 0 Å². The van der Waals surface area contributed by atoms with Crippen molar-refractivity contribution in [3.63, 3.8) is 0 Å². The van der Waals surface area contributed by atoms with Crippen LogP contribution in [0.2, 0.25) is 0 Å². The van der Waals surface area contributed by atoms with Crippen molar-refractivity contribution in [2.75, 3.05) is 65.4 Å². The molecule has 0 aromatic carbocycles. The third-order valence-corrected chi connectivity index (χ3v) is 0.833. The van der Waals surface area contributed by atoms with Crippen molar-refractivity contribution in [2.45, 2.75) is 0 Å². The summed E-state index contributed by atoms with van der Waals surface area (Å²) in [6, 6.07) is 0. The van der Waals surface area contributed by atoms with Gasteiger partial charge in [-0.1, -0.05) is 0 Å². The summed E-state index contributed by atoms with van der Waals surface area (Å²) in [6.45, 7) is 5.97. The maximum atomic E-state index is 8.49. The standard InChI is InChI=1S/5C2H8N2.4ClHO4.2Zn/c5*3-1-2-4;4*2-1(3,4)5;;/h5*1-4H2;4*(H,2,3,4,5);;/q;;;;;;;;;2*+2/p-4. The van der Waals surface area contributed by atoms with Crippen LogP contribution in [-0.4, -0.2) is 65.4 Å². The number of halogens is 4. The second-order valence-corrected chi connectivity index (χ2v) is 7.42. The Kier molecular flexibility index (Phi) is 103. The van der Waals surface area contributed by atoms with Gasteiger partial charge in [0.15, 0.2) is 0 Å². The molecule has 0 amide bonds. The van der Waals surface area contributed by atoms with Crippen molar-refractivity contribution in [2.24, 2.45) is 57.3 Å². The molecule has 0 fully saturated rings. The summed E-state index contributed by atoms with van der Waals surface area (Å²) in [7, 11) is -19.8. The van der Waals surface area contributed by atoms with E-state index in [0.29, 0.717) is 65.4 Å². The Balaban J connectivity index is -0.0000000285. The first kappa shape index (κ1) is 74.3. The summed E-state index contributed by atoms with van der Waals surface area (Å²) >= 11 is 0. The molecule has 0 aliphatic heterocycles. The Morgan fingerprint density at radius 3 is 0.238 bits per heavy atom. The predicted octanol–water partition coefficient (Wildman–Crippen LogP) is -24.5. The molecule has 0 radical (unpaired) electrons. The van der Waals surface area contributed by atoms with Crippen molar-refractivity contribution < 1.29 is 154 Å². The fourth-order valence-corrected chi connectivity index (χ4v) is 0. The van der Waals surface area contributed by atoms with E-state index < -0.39 is 41.0 Å². The third-order valence-electron chi connectivity index (χ3n) is 0.833. The maximum Gasteiger partial charge on any atom is 2.00 e. The zero-order valence-electron chi connectivity index (χ0n) is 22.3. The van der Waals surface area contributed by atoms with Crippen LogP contribution in [0, 0.1) is 41.0 Å². The topological polar surface area (TPSA) is 629 Å². The van der Waals surface area contributed by atoms with Gasteiger partial charge in [-0.3, -0.25) is 0 Å². The average molecular weight is 829 g/mol. The molecule has 42 heavy (non-hydrogen) atoms. The predicted molar refractivity (Wildman–Crippen MR) is 90.5 cm³/mol. The van der Waals surface area contributed by atoms with Gasteiger partial charge in [-0.25, -0.2) is 74.5 Å². The van der Waals surface area contributed by atoms with E-state index in [1.54, 1.807) is 0 Å².